The number of hydrogen-bond acceptors (Lipinski definition) is 4. The molecule has 31 heavy (non-hydrogen) atoms. The minimum atomic E-state index is 0.0169. The van der Waals surface area contributed by atoms with E-state index in [2.05, 4.69) is 4.98 Å². The fraction of sp³-hybridized carbons (Fsp3) is 0.148. The first-order chi connectivity index (χ1) is 15.2. The Morgan fingerprint density at radius 2 is 1.29 bits per heavy atom. The summed E-state index contributed by atoms with van der Waals surface area (Å²) >= 11 is 0. The topological polar surface area (TPSA) is 51.6 Å². The van der Waals surface area contributed by atoms with E-state index in [0.717, 1.165) is 33.4 Å². The van der Waals surface area contributed by atoms with Crippen molar-refractivity contribution >= 4 is 0 Å². The molecular formula is C27H25NO3. The maximum absolute atomic E-state index is 9.42. The first kappa shape index (κ1) is 20.6. The number of aromatic nitrogens is 1. The van der Waals surface area contributed by atoms with Gasteiger partial charge in [0.25, 0.3) is 0 Å². The van der Waals surface area contributed by atoms with Crippen LogP contribution in [0.1, 0.15) is 22.3 Å². The summed E-state index contributed by atoms with van der Waals surface area (Å²) in [5, 5.41) is 9.42. The second-order valence-corrected chi connectivity index (χ2v) is 7.36. The van der Waals surface area contributed by atoms with Gasteiger partial charge < -0.3 is 14.6 Å². The third kappa shape index (κ3) is 5.30. The number of hydrogen-bond donors (Lipinski definition) is 1. The van der Waals surface area contributed by atoms with Crippen LogP contribution in [0, 0.1) is 6.92 Å². The first-order valence-corrected chi connectivity index (χ1v) is 10.3. The second-order valence-electron chi connectivity index (χ2n) is 7.36. The van der Waals surface area contributed by atoms with E-state index in [-0.39, 0.29) is 6.61 Å². The van der Waals surface area contributed by atoms with Gasteiger partial charge in [-0.3, -0.25) is 0 Å². The number of aliphatic hydroxyl groups is 1. The van der Waals surface area contributed by atoms with Gasteiger partial charge in [0.15, 0.2) is 0 Å². The van der Waals surface area contributed by atoms with Gasteiger partial charge in [-0.15, -0.1) is 0 Å². The van der Waals surface area contributed by atoms with E-state index < -0.39 is 0 Å². The lowest BCUT2D eigenvalue weighted by Gasteiger charge is -2.15. The molecule has 1 aromatic heterocycles. The molecule has 4 heteroatoms. The van der Waals surface area contributed by atoms with Crippen molar-refractivity contribution in [2.24, 2.45) is 0 Å². The van der Waals surface area contributed by atoms with Crippen LogP contribution in [-0.4, -0.2) is 10.1 Å². The maximum Gasteiger partial charge on any atom is 0.225 e. The zero-order chi connectivity index (χ0) is 21.5. The van der Waals surface area contributed by atoms with E-state index in [0.29, 0.717) is 25.0 Å². The number of aliphatic hydroxyl groups excluding tert-OH is 1. The quantitative estimate of drug-likeness (QED) is 0.404. The van der Waals surface area contributed by atoms with E-state index in [1.54, 1.807) is 0 Å². The number of rotatable bonds is 8. The monoisotopic (exact) mass is 411 g/mol. The lowest BCUT2D eigenvalue weighted by atomic mass is 9.99. The van der Waals surface area contributed by atoms with Crippen LogP contribution in [0.2, 0.25) is 0 Å². The Hall–Kier alpha value is -3.63. The Morgan fingerprint density at radius 1 is 0.677 bits per heavy atom. The summed E-state index contributed by atoms with van der Waals surface area (Å²) in [6.45, 7) is 2.89. The summed E-state index contributed by atoms with van der Waals surface area (Å²) in [4.78, 5) is 4.67. The van der Waals surface area contributed by atoms with Crippen LogP contribution in [0.4, 0.5) is 0 Å². The van der Waals surface area contributed by atoms with Crippen molar-refractivity contribution < 1.29 is 14.6 Å². The molecule has 0 saturated carbocycles. The average Bonchev–Trinajstić information content (AvgIpc) is 2.83. The summed E-state index contributed by atoms with van der Waals surface area (Å²) in [6.07, 6.45) is 0. The molecule has 0 radical (unpaired) electrons. The van der Waals surface area contributed by atoms with E-state index in [4.69, 9.17) is 9.47 Å². The molecule has 0 saturated heterocycles. The fourth-order valence-electron chi connectivity index (χ4n) is 3.40. The van der Waals surface area contributed by atoms with Gasteiger partial charge in [0.1, 0.15) is 13.2 Å². The Kier molecular flexibility index (Phi) is 6.60. The number of ether oxygens (including phenoxy) is 2. The standard InChI is InChI=1S/C27H25NO3/c1-20-16-23(17-29)12-13-24(20)25-14-15-26(30-18-21-8-4-2-5-9-21)28-27(25)31-19-22-10-6-3-7-11-22/h2-16,29H,17-19H2,1H3. The van der Waals surface area contributed by atoms with Gasteiger partial charge in [-0.25, -0.2) is 0 Å². The molecule has 0 amide bonds. The van der Waals surface area contributed by atoms with Gasteiger partial charge in [-0.2, -0.15) is 4.98 Å². The van der Waals surface area contributed by atoms with Gasteiger partial charge in [-0.1, -0.05) is 78.9 Å². The number of pyridine rings is 1. The molecule has 156 valence electrons. The highest BCUT2D eigenvalue weighted by molar-refractivity contribution is 5.72. The van der Waals surface area contributed by atoms with Crippen molar-refractivity contribution in [3.8, 4) is 22.9 Å². The minimum absolute atomic E-state index is 0.0169. The predicted molar refractivity (Wildman–Crippen MR) is 122 cm³/mol. The molecule has 4 aromatic rings. The Labute approximate surface area is 182 Å². The van der Waals surface area contributed by atoms with Gasteiger partial charge in [0.05, 0.1) is 6.61 Å². The highest BCUT2D eigenvalue weighted by Crippen LogP contribution is 2.33. The number of nitrogens with zero attached hydrogens (tertiary/aromatic N) is 1. The van der Waals surface area contributed by atoms with Crippen LogP contribution in [-0.2, 0) is 19.8 Å². The highest BCUT2D eigenvalue weighted by atomic mass is 16.5. The summed E-state index contributed by atoms with van der Waals surface area (Å²) in [7, 11) is 0. The summed E-state index contributed by atoms with van der Waals surface area (Å²) < 4.78 is 12.1. The van der Waals surface area contributed by atoms with Crippen LogP contribution in [0.25, 0.3) is 11.1 Å². The largest absolute Gasteiger partial charge is 0.473 e. The van der Waals surface area contributed by atoms with Crippen LogP contribution < -0.4 is 9.47 Å². The van der Waals surface area contributed by atoms with E-state index in [9.17, 15) is 5.11 Å². The van der Waals surface area contributed by atoms with Crippen LogP contribution in [0.5, 0.6) is 11.8 Å². The molecule has 0 unspecified atom stereocenters. The smallest absolute Gasteiger partial charge is 0.225 e. The molecular weight excluding hydrogens is 386 g/mol. The van der Waals surface area contributed by atoms with Crippen molar-refractivity contribution in [2.45, 2.75) is 26.7 Å². The molecule has 0 spiro atoms. The summed E-state index contributed by atoms with van der Waals surface area (Å²) in [6, 6.07) is 29.8. The lowest BCUT2D eigenvalue weighted by molar-refractivity contribution is 0.268. The number of benzene rings is 3. The average molecular weight is 412 g/mol. The Balaban J connectivity index is 1.62. The van der Waals surface area contributed by atoms with Crippen molar-refractivity contribution in [2.75, 3.05) is 0 Å². The van der Waals surface area contributed by atoms with Crippen molar-refractivity contribution in [1.82, 2.24) is 4.98 Å². The van der Waals surface area contributed by atoms with Gasteiger partial charge >= 0.3 is 0 Å². The molecule has 0 atom stereocenters. The Morgan fingerprint density at radius 3 is 1.90 bits per heavy atom. The highest BCUT2D eigenvalue weighted by Gasteiger charge is 2.13. The maximum atomic E-state index is 9.42. The van der Waals surface area contributed by atoms with Gasteiger partial charge in [-0.05, 0) is 40.8 Å². The van der Waals surface area contributed by atoms with Crippen LogP contribution in [0.3, 0.4) is 0 Å². The van der Waals surface area contributed by atoms with Crippen LogP contribution in [0.15, 0.2) is 91.0 Å². The third-order valence-electron chi connectivity index (χ3n) is 5.05. The molecule has 0 aliphatic rings. The van der Waals surface area contributed by atoms with E-state index >= 15 is 0 Å². The second kappa shape index (κ2) is 9.92. The van der Waals surface area contributed by atoms with Gasteiger partial charge in [0.2, 0.25) is 11.8 Å². The SMILES string of the molecule is Cc1cc(CO)ccc1-c1ccc(OCc2ccccc2)nc1OCc1ccccc1. The fourth-order valence-corrected chi connectivity index (χ4v) is 3.40. The van der Waals surface area contributed by atoms with E-state index in [1.807, 2.05) is 97.9 Å². The molecule has 4 nitrogen and oxygen atoms in total. The van der Waals surface area contributed by atoms with Crippen molar-refractivity contribution in [1.29, 1.82) is 0 Å². The van der Waals surface area contributed by atoms with Crippen molar-refractivity contribution in [3.63, 3.8) is 0 Å². The first-order valence-electron chi connectivity index (χ1n) is 10.3. The summed E-state index contributed by atoms with van der Waals surface area (Å²) in [5.41, 5.74) is 5.99. The zero-order valence-electron chi connectivity index (χ0n) is 17.5. The van der Waals surface area contributed by atoms with Crippen molar-refractivity contribution in [3.05, 3.63) is 113 Å². The zero-order valence-corrected chi connectivity index (χ0v) is 17.5. The molecule has 0 bridgehead atoms. The minimum Gasteiger partial charge on any atom is -0.473 e. The molecule has 3 aromatic carbocycles. The molecule has 0 aliphatic heterocycles. The molecule has 0 fully saturated rings. The summed E-state index contributed by atoms with van der Waals surface area (Å²) in [5.74, 6) is 1.04. The third-order valence-corrected chi connectivity index (χ3v) is 5.05. The molecule has 0 aliphatic carbocycles. The predicted octanol–water partition coefficient (Wildman–Crippen LogP) is 5.71. The van der Waals surface area contributed by atoms with Crippen LogP contribution >= 0.6 is 0 Å². The normalized spacial score (nSPS) is 10.6. The van der Waals surface area contributed by atoms with E-state index in [1.165, 1.54) is 0 Å². The number of aryl methyl sites for hydroxylation is 1. The Bertz CT molecular complexity index is 1130. The molecule has 1 N–H and O–H groups in total. The van der Waals surface area contributed by atoms with Gasteiger partial charge in [0, 0.05) is 11.6 Å². The lowest BCUT2D eigenvalue weighted by Crippen LogP contribution is -2.03. The molecule has 1 heterocycles. The molecule has 4 rings (SSSR count).